The van der Waals surface area contributed by atoms with E-state index < -0.39 is 88.3 Å². The molecule has 0 aromatic heterocycles. The fraction of sp³-hybridized carbons (Fsp3) is 0.923. The zero-order valence-corrected chi connectivity index (χ0v) is 33.3. The van der Waals surface area contributed by atoms with Crippen LogP contribution in [0.5, 0.6) is 0 Å². The minimum Gasteiger partial charge on any atom is -0.458 e. The predicted molar refractivity (Wildman–Crippen MR) is 192 cm³/mol. The van der Waals surface area contributed by atoms with Crippen molar-refractivity contribution in [1.82, 2.24) is 5.32 Å². The molecule has 4 aliphatic rings. The highest BCUT2D eigenvalue weighted by Crippen LogP contribution is 2.50. The van der Waals surface area contributed by atoms with Gasteiger partial charge >= 0.3 is 11.9 Å². The average molecular weight is 725 g/mol. The minimum absolute atomic E-state index is 0.0112. The average Bonchev–Trinajstić information content (AvgIpc) is 3.11. The highest BCUT2D eigenvalue weighted by molar-refractivity contribution is 5.92. The van der Waals surface area contributed by atoms with Crippen LogP contribution < -0.4 is 11.1 Å². The van der Waals surface area contributed by atoms with Gasteiger partial charge in [0.25, 0.3) is 0 Å². The first kappa shape index (κ1) is 42.1. The number of nitrogens with one attached hydrogen (secondary N) is 1. The van der Waals surface area contributed by atoms with E-state index in [4.69, 9.17) is 34.2 Å². The third-order valence-electron chi connectivity index (χ3n) is 14.1. The van der Waals surface area contributed by atoms with Gasteiger partial charge < -0.3 is 44.6 Å². The number of carbonyl (C=O) groups excluding carboxylic acids is 3. The van der Waals surface area contributed by atoms with Crippen LogP contribution >= 0.6 is 0 Å². The Balaban J connectivity index is 1.82. The maximum absolute atomic E-state index is 14.6. The molecule has 0 bridgehead atoms. The largest absolute Gasteiger partial charge is 0.458 e. The van der Waals surface area contributed by atoms with Crippen molar-refractivity contribution < 1.29 is 47.9 Å². The summed E-state index contributed by atoms with van der Waals surface area (Å²) in [6.45, 7) is 20.8. The van der Waals surface area contributed by atoms with Crippen molar-refractivity contribution >= 4 is 17.7 Å². The van der Waals surface area contributed by atoms with Gasteiger partial charge in [0, 0.05) is 70.1 Å². The molecule has 2 unspecified atom stereocenters. The van der Waals surface area contributed by atoms with E-state index in [0.717, 1.165) is 12.8 Å². The molecule has 0 saturated carbocycles. The number of hydrogen-bond acceptors (Lipinski definition) is 12. The van der Waals surface area contributed by atoms with E-state index in [1.165, 1.54) is 0 Å². The molecule has 4 aliphatic heterocycles. The number of ether oxygens (including phenoxy) is 6. The summed E-state index contributed by atoms with van der Waals surface area (Å²) in [7, 11) is 3.25. The maximum Gasteiger partial charge on any atom is 0.331 e. The predicted octanol–water partition coefficient (Wildman–Crippen LogP) is 3.82. The zero-order chi connectivity index (χ0) is 38.3. The lowest BCUT2D eigenvalue weighted by molar-refractivity contribution is -0.257. The quantitative estimate of drug-likeness (QED) is 0.326. The lowest BCUT2D eigenvalue weighted by atomic mass is 9.60. The van der Waals surface area contributed by atoms with Gasteiger partial charge in [-0.2, -0.15) is 0 Å². The van der Waals surface area contributed by atoms with Gasteiger partial charge in [0.15, 0.2) is 11.1 Å². The van der Waals surface area contributed by atoms with Crippen molar-refractivity contribution in [3.05, 3.63) is 0 Å². The van der Waals surface area contributed by atoms with Gasteiger partial charge in [0.1, 0.15) is 18.0 Å². The number of methoxy groups -OCH3 is 2. The molecule has 12 heteroatoms. The van der Waals surface area contributed by atoms with Crippen LogP contribution in [-0.2, 0) is 42.8 Å². The van der Waals surface area contributed by atoms with Crippen molar-refractivity contribution in [2.45, 2.75) is 154 Å². The number of aliphatic hydroxyl groups is 1. The molecule has 51 heavy (non-hydrogen) atoms. The van der Waals surface area contributed by atoms with E-state index in [0.29, 0.717) is 39.0 Å². The number of ketones is 1. The summed E-state index contributed by atoms with van der Waals surface area (Å²) in [5.74, 6) is -4.17. The number of Topliss-reactive ketones (excluding diaryl/α,β-unsaturated/α-hetero) is 1. The fourth-order valence-corrected chi connectivity index (χ4v) is 9.95. The van der Waals surface area contributed by atoms with Gasteiger partial charge in [-0.15, -0.1) is 0 Å². The third-order valence-corrected chi connectivity index (χ3v) is 14.1. The van der Waals surface area contributed by atoms with Crippen LogP contribution in [0.25, 0.3) is 0 Å². The Morgan fingerprint density at radius 1 is 0.922 bits per heavy atom. The second-order valence-electron chi connectivity index (χ2n) is 17.0. The minimum atomic E-state index is -1.62. The number of esters is 2. The summed E-state index contributed by atoms with van der Waals surface area (Å²) < 4.78 is 36.6. The van der Waals surface area contributed by atoms with Crippen LogP contribution in [0.4, 0.5) is 0 Å². The Kier molecular flexibility index (Phi) is 13.2. The lowest BCUT2D eigenvalue weighted by Gasteiger charge is -2.59. The SMILES string of the molecule is CC[C@H]1OC(=O)[C@H](C)[C@@H](C2C[C@@](C)(OC)[C@@H](O)[C@H](C)O2)[C@H](C)[C@@H](C)[C@](C)(OC)C[C@@H](C)C(=O)[C@H](C)[C@@H](CNC2CCOCC2)C2(N)C(=O)O[C@]12C. The van der Waals surface area contributed by atoms with Crippen LogP contribution in [0.15, 0.2) is 0 Å². The Hall–Kier alpha value is -1.67. The van der Waals surface area contributed by atoms with Crippen molar-refractivity contribution in [3.63, 3.8) is 0 Å². The van der Waals surface area contributed by atoms with E-state index in [1.54, 1.807) is 21.1 Å². The number of cyclic esters (lactones) is 1. The highest BCUT2D eigenvalue weighted by Gasteiger charge is 2.72. The van der Waals surface area contributed by atoms with E-state index in [9.17, 15) is 19.5 Å². The first-order valence-corrected chi connectivity index (χ1v) is 19.3. The summed E-state index contributed by atoms with van der Waals surface area (Å²) in [5.41, 5.74) is 2.56. The first-order valence-electron chi connectivity index (χ1n) is 19.3. The summed E-state index contributed by atoms with van der Waals surface area (Å²) in [5, 5.41) is 14.7. The fourth-order valence-electron chi connectivity index (χ4n) is 9.95. The molecular formula is C39H68N2O10. The van der Waals surface area contributed by atoms with Gasteiger partial charge in [0.05, 0.1) is 29.3 Å². The molecule has 4 saturated heterocycles. The standard InChI is InChI=1S/C39H68N2O10/c1-13-30-38(10)39(40,35(45)51-38)28(20-41-27-14-16-48-17-15-27)23(4)32(42)21(2)18-36(8,46-11)25(6)22(3)31(24(5)34(44)50-30)29-19-37(9,47-12)33(43)26(7)49-29/h21-31,33,41,43H,13-20,40H2,1-12H3/t21-,22-,23-,24-,25-,26+,28-,29?,30-,31+,33+,36-,37-,38-,39?/m1/s1. The molecule has 294 valence electrons. The summed E-state index contributed by atoms with van der Waals surface area (Å²) in [6, 6.07) is 0.156. The highest BCUT2D eigenvalue weighted by atomic mass is 16.6. The number of fused-ring (bicyclic) bond motifs is 1. The molecule has 4 rings (SSSR count). The van der Waals surface area contributed by atoms with Crippen molar-refractivity contribution in [1.29, 1.82) is 0 Å². The summed E-state index contributed by atoms with van der Waals surface area (Å²) in [6.07, 6.45) is -0.0364. The van der Waals surface area contributed by atoms with Gasteiger partial charge in [0.2, 0.25) is 0 Å². The molecule has 4 heterocycles. The molecule has 15 atom stereocenters. The monoisotopic (exact) mass is 724 g/mol. The molecule has 0 amide bonds. The molecule has 0 radical (unpaired) electrons. The molecular weight excluding hydrogens is 656 g/mol. The molecule has 0 spiro atoms. The van der Waals surface area contributed by atoms with Crippen LogP contribution in [0.1, 0.15) is 101 Å². The smallest absolute Gasteiger partial charge is 0.331 e. The van der Waals surface area contributed by atoms with Gasteiger partial charge in [-0.3, -0.25) is 9.59 Å². The normalized spacial score (nSPS) is 48.0. The Morgan fingerprint density at radius 3 is 2.08 bits per heavy atom. The number of rotatable bonds is 7. The zero-order valence-electron chi connectivity index (χ0n) is 33.3. The number of hydrogen-bond donors (Lipinski definition) is 3. The number of nitrogens with two attached hydrogens (primary N) is 1. The Labute approximate surface area is 305 Å². The van der Waals surface area contributed by atoms with Crippen LogP contribution in [0.2, 0.25) is 0 Å². The van der Waals surface area contributed by atoms with E-state index in [1.807, 2.05) is 48.5 Å². The number of aliphatic hydroxyl groups excluding tert-OH is 1. The second-order valence-corrected chi connectivity index (χ2v) is 17.0. The van der Waals surface area contributed by atoms with Crippen molar-refractivity contribution in [2.75, 3.05) is 34.0 Å². The van der Waals surface area contributed by atoms with Crippen molar-refractivity contribution in [3.8, 4) is 0 Å². The lowest BCUT2D eigenvalue weighted by Crippen LogP contribution is -2.84. The van der Waals surface area contributed by atoms with Crippen LogP contribution in [0, 0.1) is 41.4 Å². The maximum atomic E-state index is 14.6. The van der Waals surface area contributed by atoms with Gasteiger partial charge in [-0.05, 0) is 65.2 Å². The molecule has 0 aliphatic carbocycles. The van der Waals surface area contributed by atoms with E-state index in [2.05, 4.69) is 19.2 Å². The first-order chi connectivity index (χ1) is 23.8. The summed E-state index contributed by atoms with van der Waals surface area (Å²) >= 11 is 0. The Morgan fingerprint density at radius 2 is 1.53 bits per heavy atom. The van der Waals surface area contributed by atoms with Crippen molar-refractivity contribution in [2.24, 2.45) is 47.2 Å². The third kappa shape index (κ3) is 7.54. The van der Waals surface area contributed by atoms with Crippen LogP contribution in [0.3, 0.4) is 0 Å². The topological polar surface area (TPSA) is 165 Å². The molecule has 0 aromatic carbocycles. The molecule has 4 fully saturated rings. The molecule has 4 N–H and O–H groups in total. The van der Waals surface area contributed by atoms with Crippen LogP contribution in [-0.4, -0.2) is 110 Å². The van der Waals surface area contributed by atoms with Gasteiger partial charge in [-0.1, -0.05) is 41.5 Å². The summed E-state index contributed by atoms with van der Waals surface area (Å²) in [4.78, 5) is 42.7. The molecule has 0 aromatic rings. The Bertz CT molecular complexity index is 1250. The van der Waals surface area contributed by atoms with E-state index >= 15 is 0 Å². The second kappa shape index (κ2) is 16.0. The van der Waals surface area contributed by atoms with E-state index in [-0.39, 0.29) is 23.7 Å². The number of carbonyl (C=O) groups is 3. The van der Waals surface area contributed by atoms with Gasteiger partial charge in [-0.25, -0.2) is 4.79 Å². The molecule has 12 nitrogen and oxygen atoms in total.